The zero-order chi connectivity index (χ0) is 34.6. The molecule has 1 aliphatic heterocycles. The summed E-state index contributed by atoms with van der Waals surface area (Å²) in [7, 11) is 0. The number of hydrogen-bond acceptors (Lipinski definition) is 4. The van der Waals surface area contributed by atoms with E-state index in [9.17, 15) is 19.2 Å². The predicted octanol–water partition coefficient (Wildman–Crippen LogP) is 6.70. The summed E-state index contributed by atoms with van der Waals surface area (Å²) in [6, 6.07) is 33.8. The van der Waals surface area contributed by atoms with Crippen LogP contribution in [-0.2, 0) is 32.0 Å². The SMILES string of the molecule is CC(C)CN(CC(=O)Nc1ccc(/C=C/c2ccc(NC(=O)[C@@H]3CCCN3C(=O)Cc3ccccc3)cc2)cc1)C(=O)Cc1ccccc1. The summed E-state index contributed by atoms with van der Waals surface area (Å²) in [6.07, 6.45) is 5.96. The van der Waals surface area contributed by atoms with Crippen LogP contribution in [0.3, 0.4) is 0 Å². The van der Waals surface area contributed by atoms with Crippen LogP contribution in [0.5, 0.6) is 0 Å². The van der Waals surface area contributed by atoms with E-state index < -0.39 is 6.04 Å². The predicted molar refractivity (Wildman–Crippen MR) is 196 cm³/mol. The van der Waals surface area contributed by atoms with Crippen LogP contribution in [0.25, 0.3) is 12.2 Å². The molecule has 4 aromatic rings. The molecule has 0 aliphatic carbocycles. The van der Waals surface area contributed by atoms with Crippen LogP contribution in [0.15, 0.2) is 109 Å². The van der Waals surface area contributed by atoms with Gasteiger partial charge >= 0.3 is 0 Å². The van der Waals surface area contributed by atoms with Crippen molar-refractivity contribution in [3.05, 3.63) is 131 Å². The Bertz CT molecular complexity index is 1740. The molecule has 0 radical (unpaired) electrons. The third-order valence-electron chi connectivity index (χ3n) is 8.39. The molecule has 1 fully saturated rings. The van der Waals surface area contributed by atoms with Gasteiger partial charge in [0.15, 0.2) is 0 Å². The van der Waals surface area contributed by atoms with Crippen LogP contribution >= 0.6 is 0 Å². The fraction of sp³-hybridized carbons (Fsp3) is 0.268. The van der Waals surface area contributed by atoms with Crippen LogP contribution in [0.2, 0.25) is 0 Å². The molecule has 2 N–H and O–H groups in total. The first-order valence-electron chi connectivity index (χ1n) is 16.9. The maximum absolute atomic E-state index is 13.1. The summed E-state index contributed by atoms with van der Waals surface area (Å²) in [5, 5.41) is 5.89. The number of likely N-dealkylation sites (tertiary alicyclic amines) is 1. The van der Waals surface area contributed by atoms with Gasteiger partial charge in [0.1, 0.15) is 6.04 Å². The van der Waals surface area contributed by atoms with E-state index >= 15 is 0 Å². The second kappa shape index (κ2) is 17.1. The lowest BCUT2D eigenvalue weighted by molar-refractivity contribution is -0.136. The third-order valence-corrected chi connectivity index (χ3v) is 8.39. The molecule has 0 spiro atoms. The van der Waals surface area contributed by atoms with Gasteiger partial charge in [-0.05, 0) is 65.3 Å². The molecular formula is C41H44N4O4. The first kappa shape index (κ1) is 34.8. The van der Waals surface area contributed by atoms with Crippen molar-refractivity contribution in [2.75, 3.05) is 30.3 Å². The van der Waals surface area contributed by atoms with Gasteiger partial charge in [-0.1, -0.05) is 111 Å². The molecule has 252 valence electrons. The first-order chi connectivity index (χ1) is 23.7. The van der Waals surface area contributed by atoms with Gasteiger partial charge in [-0.3, -0.25) is 19.2 Å². The second-order valence-electron chi connectivity index (χ2n) is 12.9. The molecule has 0 bridgehead atoms. The molecule has 8 heteroatoms. The lowest BCUT2D eigenvalue weighted by Gasteiger charge is -2.24. The molecule has 1 saturated heterocycles. The van der Waals surface area contributed by atoms with Gasteiger partial charge in [0.05, 0.1) is 19.4 Å². The van der Waals surface area contributed by atoms with E-state index in [1.807, 2.05) is 135 Å². The Morgan fingerprint density at radius 2 is 1.27 bits per heavy atom. The highest BCUT2D eigenvalue weighted by atomic mass is 16.2. The molecule has 0 unspecified atom stereocenters. The number of hydrogen-bond donors (Lipinski definition) is 2. The number of rotatable bonds is 13. The molecule has 4 aromatic carbocycles. The molecular weight excluding hydrogens is 612 g/mol. The lowest BCUT2D eigenvalue weighted by atomic mass is 10.1. The Kier molecular flexibility index (Phi) is 12.1. The highest BCUT2D eigenvalue weighted by Gasteiger charge is 2.34. The van der Waals surface area contributed by atoms with E-state index in [-0.39, 0.29) is 48.9 Å². The minimum atomic E-state index is -0.468. The van der Waals surface area contributed by atoms with Gasteiger partial charge in [-0.25, -0.2) is 0 Å². The molecule has 4 amide bonds. The lowest BCUT2D eigenvalue weighted by Crippen LogP contribution is -2.43. The summed E-state index contributed by atoms with van der Waals surface area (Å²) < 4.78 is 0. The van der Waals surface area contributed by atoms with E-state index in [1.165, 1.54) is 0 Å². The topological polar surface area (TPSA) is 98.8 Å². The normalized spacial score (nSPS) is 14.2. The molecule has 5 rings (SSSR count). The summed E-state index contributed by atoms with van der Waals surface area (Å²) in [5.41, 5.74) is 5.12. The van der Waals surface area contributed by atoms with Gasteiger partial charge in [0, 0.05) is 24.5 Å². The largest absolute Gasteiger partial charge is 0.333 e. The van der Waals surface area contributed by atoms with E-state index in [0.29, 0.717) is 30.9 Å². The Morgan fingerprint density at radius 3 is 1.82 bits per heavy atom. The number of carbonyl (C=O) groups is 4. The number of amides is 4. The molecule has 0 saturated carbocycles. The molecule has 1 atom stereocenters. The van der Waals surface area contributed by atoms with Crippen molar-refractivity contribution < 1.29 is 19.2 Å². The number of nitrogens with zero attached hydrogens (tertiary/aromatic N) is 2. The van der Waals surface area contributed by atoms with E-state index in [0.717, 1.165) is 28.7 Å². The Balaban J connectivity index is 1.10. The zero-order valence-electron chi connectivity index (χ0n) is 28.2. The summed E-state index contributed by atoms with van der Waals surface area (Å²) >= 11 is 0. The molecule has 1 aliphatic rings. The van der Waals surface area contributed by atoms with Gasteiger partial charge < -0.3 is 20.4 Å². The Morgan fingerprint density at radius 1 is 0.735 bits per heavy atom. The van der Waals surface area contributed by atoms with Crippen molar-refractivity contribution in [2.24, 2.45) is 5.92 Å². The minimum Gasteiger partial charge on any atom is -0.333 e. The number of carbonyl (C=O) groups excluding carboxylic acids is 4. The van der Waals surface area contributed by atoms with Crippen LogP contribution in [0.4, 0.5) is 11.4 Å². The van der Waals surface area contributed by atoms with Gasteiger partial charge in [0.25, 0.3) is 0 Å². The monoisotopic (exact) mass is 656 g/mol. The van der Waals surface area contributed by atoms with E-state index in [1.54, 1.807) is 9.80 Å². The molecule has 1 heterocycles. The minimum absolute atomic E-state index is 0.00670. The Hall–Kier alpha value is -5.50. The van der Waals surface area contributed by atoms with Crippen LogP contribution in [0.1, 0.15) is 48.9 Å². The Labute approximate surface area is 288 Å². The van der Waals surface area contributed by atoms with Gasteiger partial charge in [-0.2, -0.15) is 0 Å². The second-order valence-corrected chi connectivity index (χ2v) is 12.9. The number of nitrogens with one attached hydrogen (secondary N) is 2. The van der Waals surface area contributed by atoms with Crippen molar-refractivity contribution in [3.63, 3.8) is 0 Å². The smallest absolute Gasteiger partial charge is 0.247 e. The fourth-order valence-corrected chi connectivity index (χ4v) is 5.93. The third kappa shape index (κ3) is 10.5. The number of benzene rings is 4. The van der Waals surface area contributed by atoms with Crippen LogP contribution in [-0.4, -0.2) is 59.1 Å². The highest BCUT2D eigenvalue weighted by molar-refractivity contribution is 5.98. The highest BCUT2D eigenvalue weighted by Crippen LogP contribution is 2.22. The van der Waals surface area contributed by atoms with E-state index in [4.69, 9.17) is 0 Å². The van der Waals surface area contributed by atoms with Crippen LogP contribution < -0.4 is 10.6 Å². The fourth-order valence-electron chi connectivity index (χ4n) is 5.93. The van der Waals surface area contributed by atoms with Crippen LogP contribution in [0, 0.1) is 5.92 Å². The molecule has 8 nitrogen and oxygen atoms in total. The molecule has 49 heavy (non-hydrogen) atoms. The van der Waals surface area contributed by atoms with Crippen molar-refractivity contribution in [1.29, 1.82) is 0 Å². The van der Waals surface area contributed by atoms with Crippen molar-refractivity contribution in [3.8, 4) is 0 Å². The maximum atomic E-state index is 13.1. The summed E-state index contributed by atoms with van der Waals surface area (Å²) in [5.74, 6) is -0.270. The van der Waals surface area contributed by atoms with Gasteiger partial charge in [-0.15, -0.1) is 0 Å². The zero-order valence-corrected chi connectivity index (χ0v) is 28.2. The maximum Gasteiger partial charge on any atom is 0.247 e. The first-order valence-corrected chi connectivity index (χ1v) is 16.9. The van der Waals surface area contributed by atoms with E-state index in [2.05, 4.69) is 10.6 Å². The average Bonchev–Trinajstić information content (AvgIpc) is 3.60. The van der Waals surface area contributed by atoms with Gasteiger partial charge in [0.2, 0.25) is 23.6 Å². The summed E-state index contributed by atoms with van der Waals surface area (Å²) in [6.45, 7) is 5.15. The van der Waals surface area contributed by atoms with Crippen molar-refractivity contribution >= 4 is 47.2 Å². The standard InChI is InChI=1S/C41H44N4O4/c1-30(2)28-44(39(47)26-33-10-5-3-6-11-33)29-38(46)42-35-21-17-31(18-22-35)15-16-32-19-23-36(24-20-32)43-41(49)37-14-9-25-45(37)40(48)27-34-12-7-4-8-13-34/h3-8,10-13,15-24,30,37H,9,14,25-29H2,1-2H3,(H,42,46)(H,43,49)/b16-15+/t37-/m0/s1. The quantitative estimate of drug-likeness (QED) is 0.157. The number of anilines is 2. The summed E-state index contributed by atoms with van der Waals surface area (Å²) in [4.78, 5) is 55.2. The van der Waals surface area contributed by atoms with Crippen molar-refractivity contribution in [1.82, 2.24) is 9.80 Å². The van der Waals surface area contributed by atoms with Crippen molar-refractivity contribution in [2.45, 2.75) is 45.6 Å². The molecule has 0 aromatic heterocycles. The average molecular weight is 657 g/mol.